The van der Waals surface area contributed by atoms with E-state index in [1.54, 1.807) is 7.05 Å². The van der Waals surface area contributed by atoms with Crippen LogP contribution in [0.4, 0.5) is 5.82 Å². The molecule has 0 saturated heterocycles. The first-order valence-corrected chi connectivity index (χ1v) is 8.32. The second-order valence-electron chi connectivity index (χ2n) is 7.31. The Kier molecular flexibility index (Phi) is 4.03. The minimum absolute atomic E-state index is 0.0385. The van der Waals surface area contributed by atoms with Crippen LogP contribution in [0.3, 0.4) is 0 Å². The molecule has 2 aromatic rings. The number of benzene rings is 1. The van der Waals surface area contributed by atoms with Crippen molar-refractivity contribution in [2.45, 2.75) is 32.7 Å². The molecular weight excluding hydrogens is 316 g/mol. The van der Waals surface area contributed by atoms with Gasteiger partial charge in [0.1, 0.15) is 11.9 Å². The summed E-state index contributed by atoms with van der Waals surface area (Å²) in [5, 5.41) is 12.8. The lowest BCUT2D eigenvalue weighted by Crippen LogP contribution is -2.42. The molecule has 1 N–H and O–H groups in total. The summed E-state index contributed by atoms with van der Waals surface area (Å²) >= 11 is 0. The topological polar surface area (TPSA) is 79.8 Å². The van der Waals surface area contributed by atoms with Gasteiger partial charge in [0, 0.05) is 14.1 Å². The van der Waals surface area contributed by atoms with Gasteiger partial charge in [-0.1, -0.05) is 38.1 Å². The number of aromatic nitrogens is 2. The molecule has 3 rings (SSSR count). The fourth-order valence-corrected chi connectivity index (χ4v) is 3.59. The van der Waals surface area contributed by atoms with Gasteiger partial charge in [-0.25, -0.2) is 4.79 Å². The molecule has 6 nitrogen and oxygen atoms in total. The summed E-state index contributed by atoms with van der Waals surface area (Å²) in [6.45, 7) is 4.32. The molecule has 1 heterocycles. The minimum atomic E-state index is -0.574. The number of hydrogen-bond acceptors (Lipinski definition) is 4. The lowest BCUT2D eigenvalue weighted by Gasteiger charge is -2.41. The first kappa shape index (κ1) is 17.0. The Bertz CT molecular complexity index is 992. The summed E-state index contributed by atoms with van der Waals surface area (Å²) in [5.74, 6) is 0.283. The molecule has 0 saturated carbocycles. The standard InChI is InChI=1S/C19H22N4O2/c1-19(2)10-9-12-7-5-6-8-13(12)15(19)21-16-14(11-20)17(24)23(4)18(25)22(16)3/h5-8,15,21H,9-10H2,1-4H3/t15-/m0/s1. The quantitative estimate of drug-likeness (QED) is 0.909. The zero-order valence-corrected chi connectivity index (χ0v) is 15.0. The van der Waals surface area contributed by atoms with Crippen molar-refractivity contribution in [1.82, 2.24) is 9.13 Å². The average molecular weight is 338 g/mol. The van der Waals surface area contributed by atoms with Crippen LogP contribution < -0.4 is 16.6 Å². The van der Waals surface area contributed by atoms with Crippen molar-refractivity contribution >= 4 is 5.82 Å². The zero-order chi connectivity index (χ0) is 18.4. The van der Waals surface area contributed by atoms with Crippen LogP contribution in [0.15, 0.2) is 33.9 Å². The smallest absolute Gasteiger partial charge is 0.332 e. The Labute approximate surface area is 146 Å². The largest absolute Gasteiger partial charge is 0.363 e. The molecule has 1 aliphatic carbocycles. The minimum Gasteiger partial charge on any atom is -0.363 e. The molecule has 0 unspecified atom stereocenters. The molecule has 1 atom stereocenters. The van der Waals surface area contributed by atoms with Crippen LogP contribution in [0.2, 0.25) is 0 Å². The predicted molar refractivity (Wildman–Crippen MR) is 96.5 cm³/mol. The van der Waals surface area contributed by atoms with E-state index in [9.17, 15) is 14.9 Å². The van der Waals surface area contributed by atoms with Crippen LogP contribution in [0.1, 0.15) is 43.0 Å². The Morgan fingerprint density at radius 1 is 1.20 bits per heavy atom. The van der Waals surface area contributed by atoms with Gasteiger partial charge in [-0.15, -0.1) is 0 Å². The fourth-order valence-electron chi connectivity index (χ4n) is 3.59. The molecule has 1 aromatic carbocycles. The highest BCUT2D eigenvalue weighted by Crippen LogP contribution is 2.45. The van der Waals surface area contributed by atoms with Gasteiger partial charge in [0.25, 0.3) is 5.56 Å². The molecule has 25 heavy (non-hydrogen) atoms. The molecule has 0 fully saturated rings. The van der Waals surface area contributed by atoms with Crippen LogP contribution in [0.5, 0.6) is 0 Å². The van der Waals surface area contributed by atoms with Crippen molar-refractivity contribution in [2.24, 2.45) is 19.5 Å². The normalized spacial score (nSPS) is 18.3. The molecule has 0 bridgehead atoms. The van der Waals surface area contributed by atoms with E-state index >= 15 is 0 Å². The second kappa shape index (κ2) is 5.92. The number of nitrogens with one attached hydrogen (secondary N) is 1. The molecule has 130 valence electrons. The SMILES string of the molecule is Cn1c(N[C@H]2c3ccccc3CCC2(C)C)c(C#N)c(=O)n(C)c1=O. The second-order valence-corrected chi connectivity index (χ2v) is 7.31. The first-order chi connectivity index (χ1) is 11.8. The molecular formula is C19H22N4O2. The monoisotopic (exact) mass is 338 g/mol. The molecule has 6 heteroatoms. The first-order valence-electron chi connectivity index (χ1n) is 8.32. The van der Waals surface area contributed by atoms with Gasteiger partial charge < -0.3 is 5.32 Å². The summed E-state index contributed by atoms with van der Waals surface area (Å²) in [4.78, 5) is 24.6. The Morgan fingerprint density at radius 2 is 1.88 bits per heavy atom. The Hall–Kier alpha value is -2.81. The summed E-state index contributed by atoms with van der Waals surface area (Å²) < 4.78 is 2.30. The lowest BCUT2D eigenvalue weighted by atomic mass is 9.70. The van der Waals surface area contributed by atoms with E-state index in [0.29, 0.717) is 0 Å². The fraction of sp³-hybridized carbons (Fsp3) is 0.421. The number of nitrogens with zero attached hydrogens (tertiary/aromatic N) is 3. The van der Waals surface area contributed by atoms with Crippen molar-refractivity contribution in [1.29, 1.82) is 5.26 Å². The van der Waals surface area contributed by atoms with Gasteiger partial charge in [0.15, 0.2) is 5.56 Å². The highest BCUT2D eigenvalue weighted by Gasteiger charge is 2.36. The zero-order valence-electron chi connectivity index (χ0n) is 15.0. The highest BCUT2D eigenvalue weighted by atomic mass is 16.2. The third kappa shape index (κ3) is 2.66. The van der Waals surface area contributed by atoms with Crippen molar-refractivity contribution in [3.05, 3.63) is 61.8 Å². The van der Waals surface area contributed by atoms with Crippen molar-refractivity contribution in [3.63, 3.8) is 0 Å². The van der Waals surface area contributed by atoms with Gasteiger partial charge in [-0.3, -0.25) is 13.9 Å². The number of hydrogen-bond donors (Lipinski definition) is 1. The summed E-state index contributed by atoms with van der Waals surface area (Å²) in [6, 6.07) is 10.0. The number of rotatable bonds is 2. The maximum absolute atomic E-state index is 12.3. The summed E-state index contributed by atoms with van der Waals surface area (Å²) in [5.41, 5.74) is 1.26. The number of nitriles is 1. The van der Waals surface area contributed by atoms with Crippen molar-refractivity contribution in [3.8, 4) is 6.07 Å². The molecule has 1 aliphatic rings. The molecule has 0 spiro atoms. The van der Waals surface area contributed by atoms with Gasteiger partial charge >= 0.3 is 5.69 Å². The number of aryl methyl sites for hydroxylation is 1. The van der Waals surface area contributed by atoms with Crippen LogP contribution in [-0.4, -0.2) is 9.13 Å². The van der Waals surface area contributed by atoms with Crippen molar-refractivity contribution < 1.29 is 0 Å². The molecule has 0 aliphatic heterocycles. The van der Waals surface area contributed by atoms with E-state index in [-0.39, 0.29) is 22.8 Å². The van der Waals surface area contributed by atoms with Crippen LogP contribution in [0, 0.1) is 16.7 Å². The average Bonchev–Trinajstić information content (AvgIpc) is 2.60. The van der Waals surface area contributed by atoms with E-state index in [1.165, 1.54) is 17.2 Å². The predicted octanol–water partition coefficient (Wildman–Crippen LogP) is 2.08. The van der Waals surface area contributed by atoms with Crippen LogP contribution in [-0.2, 0) is 20.5 Å². The third-order valence-corrected chi connectivity index (χ3v) is 5.24. The van der Waals surface area contributed by atoms with E-state index in [2.05, 4.69) is 31.3 Å². The van der Waals surface area contributed by atoms with Gasteiger partial charge in [0.2, 0.25) is 0 Å². The molecule has 0 radical (unpaired) electrons. The summed E-state index contributed by atoms with van der Waals surface area (Å²) in [6.07, 6.45) is 1.96. The van der Waals surface area contributed by atoms with E-state index in [1.807, 2.05) is 18.2 Å². The van der Waals surface area contributed by atoms with E-state index in [0.717, 1.165) is 23.0 Å². The van der Waals surface area contributed by atoms with Crippen molar-refractivity contribution in [2.75, 3.05) is 5.32 Å². The van der Waals surface area contributed by atoms with Crippen LogP contribution in [0.25, 0.3) is 0 Å². The number of fused-ring (bicyclic) bond motifs is 1. The van der Waals surface area contributed by atoms with Gasteiger partial charge in [0.05, 0.1) is 6.04 Å². The van der Waals surface area contributed by atoms with Gasteiger partial charge in [-0.2, -0.15) is 5.26 Å². The Balaban J connectivity index is 2.20. The molecule has 1 aromatic heterocycles. The maximum atomic E-state index is 12.3. The molecule has 0 amide bonds. The highest BCUT2D eigenvalue weighted by molar-refractivity contribution is 5.54. The van der Waals surface area contributed by atoms with Crippen LogP contribution >= 0.6 is 0 Å². The summed E-state index contributed by atoms with van der Waals surface area (Å²) in [7, 11) is 2.96. The lowest BCUT2D eigenvalue weighted by molar-refractivity contribution is 0.264. The number of anilines is 1. The van der Waals surface area contributed by atoms with E-state index in [4.69, 9.17) is 0 Å². The van der Waals surface area contributed by atoms with E-state index < -0.39 is 11.2 Å². The third-order valence-electron chi connectivity index (χ3n) is 5.24. The maximum Gasteiger partial charge on any atom is 0.332 e. The Morgan fingerprint density at radius 3 is 2.56 bits per heavy atom. The van der Waals surface area contributed by atoms with Gasteiger partial charge in [-0.05, 0) is 29.4 Å².